The Kier molecular flexibility index (Phi) is 3.74. The Labute approximate surface area is 135 Å². The number of fused-ring (bicyclic) bond motifs is 1. The molecule has 7 nitrogen and oxygen atoms in total. The molecule has 3 aliphatic heterocycles. The molecule has 1 aromatic rings. The van der Waals surface area contributed by atoms with E-state index >= 15 is 0 Å². The van der Waals surface area contributed by atoms with Gasteiger partial charge < -0.3 is 15.5 Å². The summed E-state index contributed by atoms with van der Waals surface area (Å²) in [5.74, 6) is 5.79. The van der Waals surface area contributed by atoms with Crippen LogP contribution in [0.4, 0.5) is 0 Å². The molecule has 1 atom stereocenters. The molecule has 0 aliphatic carbocycles. The van der Waals surface area contributed by atoms with Crippen molar-refractivity contribution >= 4 is 6.34 Å². The molecule has 7 heteroatoms. The van der Waals surface area contributed by atoms with Crippen LogP contribution in [0.25, 0.3) is 0 Å². The fourth-order valence-corrected chi connectivity index (χ4v) is 3.05. The van der Waals surface area contributed by atoms with E-state index in [2.05, 4.69) is 40.0 Å². The number of hydrogen-bond donors (Lipinski definition) is 3. The molecule has 120 valence electrons. The first-order valence-electron chi connectivity index (χ1n) is 7.73. The Morgan fingerprint density at radius 3 is 3.13 bits per heavy atom. The highest BCUT2D eigenvalue weighted by molar-refractivity contribution is 5.62. The van der Waals surface area contributed by atoms with Crippen LogP contribution in [-0.4, -0.2) is 36.1 Å². The average Bonchev–Trinajstić information content (AvgIpc) is 2.98. The molecule has 0 bridgehead atoms. The van der Waals surface area contributed by atoms with Crippen molar-refractivity contribution in [3.05, 3.63) is 59.2 Å². The van der Waals surface area contributed by atoms with Gasteiger partial charge in [0.15, 0.2) is 0 Å². The van der Waals surface area contributed by atoms with E-state index in [1.165, 1.54) is 16.1 Å². The standard InChI is InChI=1S/C16H20N6O/c17-21-9-16-14(19-11-21)7-20-22(16)8-12-3-1-2-4-13(12)15-10-23-6-5-18-15/h1-4,7,9,11,15,18,20H,5-6,8,10,17H2. The molecule has 1 unspecified atom stereocenters. The van der Waals surface area contributed by atoms with Gasteiger partial charge in [0, 0.05) is 18.9 Å². The van der Waals surface area contributed by atoms with E-state index in [0.717, 1.165) is 31.1 Å². The number of hydrazine groups is 2. The number of nitrogens with two attached hydrogens (primary N) is 1. The van der Waals surface area contributed by atoms with Gasteiger partial charge in [-0.2, -0.15) is 0 Å². The molecule has 3 aliphatic rings. The van der Waals surface area contributed by atoms with Crippen LogP contribution < -0.4 is 16.6 Å². The normalized spacial score (nSPS) is 23.3. The van der Waals surface area contributed by atoms with Gasteiger partial charge in [-0.05, 0) is 11.1 Å². The van der Waals surface area contributed by atoms with E-state index in [9.17, 15) is 0 Å². The van der Waals surface area contributed by atoms with Crippen molar-refractivity contribution in [3.63, 3.8) is 0 Å². The predicted molar refractivity (Wildman–Crippen MR) is 87.4 cm³/mol. The van der Waals surface area contributed by atoms with Crippen LogP contribution >= 0.6 is 0 Å². The van der Waals surface area contributed by atoms with Crippen LogP contribution in [0.15, 0.2) is 53.1 Å². The smallest absolute Gasteiger partial charge is 0.110 e. The lowest BCUT2D eigenvalue weighted by atomic mass is 10.00. The number of hydrogen-bond acceptors (Lipinski definition) is 7. The molecule has 1 fully saturated rings. The zero-order valence-corrected chi connectivity index (χ0v) is 12.8. The zero-order chi connectivity index (χ0) is 15.6. The topological polar surface area (TPSA) is 78.2 Å². The molecule has 1 saturated heterocycles. The van der Waals surface area contributed by atoms with Crippen LogP contribution in [0.5, 0.6) is 0 Å². The maximum atomic E-state index is 5.79. The Hall–Kier alpha value is -2.35. The fraction of sp³-hybridized carbons (Fsp3) is 0.312. The molecule has 0 spiro atoms. The third-order valence-corrected chi connectivity index (χ3v) is 4.19. The lowest BCUT2D eigenvalue weighted by Crippen LogP contribution is -2.36. The largest absolute Gasteiger partial charge is 0.378 e. The minimum Gasteiger partial charge on any atom is -0.378 e. The van der Waals surface area contributed by atoms with Crippen LogP contribution in [-0.2, 0) is 11.3 Å². The highest BCUT2D eigenvalue weighted by atomic mass is 16.5. The maximum absolute atomic E-state index is 5.79. The Morgan fingerprint density at radius 2 is 2.26 bits per heavy atom. The average molecular weight is 312 g/mol. The van der Waals surface area contributed by atoms with E-state index in [0.29, 0.717) is 6.61 Å². The summed E-state index contributed by atoms with van der Waals surface area (Å²) in [7, 11) is 0. The number of rotatable bonds is 3. The highest BCUT2D eigenvalue weighted by Crippen LogP contribution is 2.27. The third kappa shape index (κ3) is 2.81. The van der Waals surface area contributed by atoms with Gasteiger partial charge in [0.1, 0.15) is 17.7 Å². The SMILES string of the molecule is NN1C=NC2=CNN(Cc3ccccc3C3COCCN3)C2=C1. The summed E-state index contributed by atoms with van der Waals surface area (Å²) in [6, 6.07) is 8.68. The number of nitrogens with one attached hydrogen (secondary N) is 2. The lowest BCUT2D eigenvalue weighted by Gasteiger charge is -2.29. The van der Waals surface area contributed by atoms with Gasteiger partial charge in [0.2, 0.25) is 0 Å². The zero-order valence-electron chi connectivity index (χ0n) is 12.8. The van der Waals surface area contributed by atoms with Crippen molar-refractivity contribution in [2.75, 3.05) is 19.8 Å². The van der Waals surface area contributed by atoms with Crippen molar-refractivity contribution < 1.29 is 4.74 Å². The molecule has 4 N–H and O–H groups in total. The van der Waals surface area contributed by atoms with Gasteiger partial charge in [0.05, 0.1) is 25.8 Å². The second kappa shape index (κ2) is 6.04. The lowest BCUT2D eigenvalue weighted by molar-refractivity contribution is 0.0763. The van der Waals surface area contributed by atoms with Gasteiger partial charge in [0.25, 0.3) is 0 Å². The van der Waals surface area contributed by atoms with E-state index in [1.807, 2.05) is 17.4 Å². The van der Waals surface area contributed by atoms with Gasteiger partial charge in [-0.1, -0.05) is 24.3 Å². The van der Waals surface area contributed by atoms with Crippen molar-refractivity contribution in [1.82, 2.24) is 20.8 Å². The van der Waals surface area contributed by atoms with Gasteiger partial charge in [-0.25, -0.2) is 10.8 Å². The molecule has 3 heterocycles. The minimum absolute atomic E-state index is 0.236. The summed E-state index contributed by atoms with van der Waals surface area (Å²) in [5.41, 5.74) is 7.63. The first-order valence-corrected chi connectivity index (χ1v) is 7.73. The number of morpholine rings is 1. The van der Waals surface area contributed by atoms with Crippen molar-refractivity contribution in [2.45, 2.75) is 12.6 Å². The Bertz CT molecular complexity index is 677. The molecule has 23 heavy (non-hydrogen) atoms. The summed E-state index contributed by atoms with van der Waals surface area (Å²) in [4.78, 5) is 4.31. The maximum Gasteiger partial charge on any atom is 0.110 e. The molecule has 4 rings (SSSR count). The van der Waals surface area contributed by atoms with Crippen molar-refractivity contribution in [1.29, 1.82) is 0 Å². The van der Waals surface area contributed by atoms with E-state index in [1.54, 1.807) is 6.34 Å². The number of ether oxygens (including phenoxy) is 1. The van der Waals surface area contributed by atoms with Gasteiger partial charge in [-0.15, -0.1) is 0 Å². The molecule has 0 radical (unpaired) electrons. The van der Waals surface area contributed by atoms with Gasteiger partial charge in [-0.3, -0.25) is 10.0 Å². The second-order valence-electron chi connectivity index (χ2n) is 5.73. The Morgan fingerprint density at radius 1 is 1.35 bits per heavy atom. The Balaban J connectivity index is 1.56. The second-order valence-corrected chi connectivity index (χ2v) is 5.73. The molecule has 0 aromatic heterocycles. The van der Waals surface area contributed by atoms with E-state index in [4.69, 9.17) is 10.6 Å². The quantitative estimate of drug-likeness (QED) is 0.708. The third-order valence-electron chi connectivity index (χ3n) is 4.19. The monoisotopic (exact) mass is 312 g/mol. The van der Waals surface area contributed by atoms with Gasteiger partial charge >= 0.3 is 0 Å². The minimum atomic E-state index is 0.236. The van der Waals surface area contributed by atoms with Crippen LogP contribution in [0.3, 0.4) is 0 Å². The highest BCUT2D eigenvalue weighted by Gasteiger charge is 2.25. The van der Waals surface area contributed by atoms with E-state index < -0.39 is 0 Å². The molecule has 0 amide bonds. The van der Waals surface area contributed by atoms with Crippen LogP contribution in [0.1, 0.15) is 17.2 Å². The van der Waals surface area contributed by atoms with Crippen LogP contribution in [0, 0.1) is 0 Å². The first kappa shape index (κ1) is 14.3. The summed E-state index contributed by atoms with van der Waals surface area (Å²) >= 11 is 0. The number of benzene rings is 1. The molecule has 1 aromatic carbocycles. The van der Waals surface area contributed by atoms with E-state index in [-0.39, 0.29) is 6.04 Å². The molecular formula is C16H20N6O. The van der Waals surface area contributed by atoms with Crippen molar-refractivity contribution in [2.24, 2.45) is 10.8 Å². The summed E-state index contributed by atoms with van der Waals surface area (Å²) in [6.07, 6.45) is 5.35. The predicted octanol–water partition coefficient (Wildman–Crippen LogP) is 0.568. The van der Waals surface area contributed by atoms with Crippen LogP contribution in [0.2, 0.25) is 0 Å². The summed E-state index contributed by atoms with van der Waals surface area (Å²) in [6.45, 7) is 3.09. The fourth-order valence-electron chi connectivity index (χ4n) is 3.05. The van der Waals surface area contributed by atoms with Crippen molar-refractivity contribution in [3.8, 4) is 0 Å². The molecular weight excluding hydrogens is 292 g/mol. The summed E-state index contributed by atoms with van der Waals surface area (Å²) < 4.78 is 5.61. The number of aliphatic imine (C=N–C) groups is 1. The molecule has 0 saturated carbocycles. The first-order chi connectivity index (χ1) is 11.3. The summed E-state index contributed by atoms with van der Waals surface area (Å²) in [5, 5.41) is 7.04. The number of nitrogens with zero attached hydrogens (tertiary/aromatic N) is 3.